The zero-order valence-electron chi connectivity index (χ0n) is 9.42. The number of thiazole rings is 1. The van der Waals surface area contributed by atoms with Crippen LogP contribution in [0.25, 0.3) is 10.2 Å². The van der Waals surface area contributed by atoms with Crippen LogP contribution >= 0.6 is 11.3 Å². The average Bonchev–Trinajstić information content (AvgIpc) is 2.70. The highest BCUT2D eigenvalue weighted by Crippen LogP contribution is 2.30. The summed E-state index contributed by atoms with van der Waals surface area (Å²) in [6, 6.07) is 12.6. The van der Waals surface area contributed by atoms with Crippen molar-refractivity contribution in [1.82, 2.24) is 4.98 Å². The van der Waals surface area contributed by atoms with Gasteiger partial charge in [0.15, 0.2) is 5.13 Å². The number of nitrogen functional groups attached to an aromatic ring is 1. The van der Waals surface area contributed by atoms with Crippen LogP contribution in [0, 0.1) is 0 Å². The van der Waals surface area contributed by atoms with Gasteiger partial charge in [0, 0.05) is 17.4 Å². The molecule has 1 aromatic heterocycles. The van der Waals surface area contributed by atoms with Crippen LogP contribution in [0.5, 0.6) is 5.75 Å². The molecule has 5 heteroatoms. The van der Waals surface area contributed by atoms with Gasteiger partial charge in [-0.1, -0.05) is 17.4 Å². The number of aromatic hydroxyl groups is 1. The molecule has 0 unspecified atom stereocenters. The molecule has 3 rings (SSSR count). The molecule has 90 valence electrons. The first kappa shape index (κ1) is 10.9. The number of benzene rings is 2. The van der Waals surface area contributed by atoms with E-state index in [1.165, 1.54) is 11.3 Å². The zero-order chi connectivity index (χ0) is 12.5. The van der Waals surface area contributed by atoms with Crippen molar-refractivity contribution < 1.29 is 5.11 Å². The minimum atomic E-state index is 0.227. The minimum absolute atomic E-state index is 0.227. The van der Waals surface area contributed by atoms with Crippen molar-refractivity contribution in [3.05, 3.63) is 42.5 Å². The van der Waals surface area contributed by atoms with Crippen LogP contribution in [0.15, 0.2) is 42.5 Å². The third kappa shape index (κ3) is 2.08. The quantitative estimate of drug-likeness (QED) is 0.616. The first-order chi connectivity index (χ1) is 8.70. The van der Waals surface area contributed by atoms with Gasteiger partial charge < -0.3 is 16.2 Å². The van der Waals surface area contributed by atoms with Crippen molar-refractivity contribution in [3.8, 4) is 5.75 Å². The molecule has 4 N–H and O–H groups in total. The molecule has 0 aliphatic carbocycles. The second-order valence-corrected chi connectivity index (χ2v) is 4.95. The summed E-state index contributed by atoms with van der Waals surface area (Å²) >= 11 is 1.53. The van der Waals surface area contributed by atoms with Gasteiger partial charge >= 0.3 is 0 Å². The number of anilines is 3. The van der Waals surface area contributed by atoms with Gasteiger partial charge in [0.1, 0.15) is 5.75 Å². The topological polar surface area (TPSA) is 71.2 Å². The van der Waals surface area contributed by atoms with Crippen LogP contribution in [0.4, 0.5) is 16.5 Å². The Morgan fingerprint density at radius 3 is 2.89 bits per heavy atom. The molecule has 0 saturated heterocycles. The van der Waals surface area contributed by atoms with E-state index in [9.17, 15) is 5.11 Å². The first-order valence-corrected chi connectivity index (χ1v) is 6.24. The highest BCUT2D eigenvalue weighted by atomic mass is 32.1. The Kier molecular flexibility index (Phi) is 2.53. The van der Waals surface area contributed by atoms with Gasteiger partial charge in [0.2, 0.25) is 0 Å². The fourth-order valence-electron chi connectivity index (χ4n) is 1.70. The Morgan fingerprint density at radius 1 is 1.17 bits per heavy atom. The predicted molar refractivity (Wildman–Crippen MR) is 75.4 cm³/mol. The van der Waals surface area contributed by atoms with E-state index in [2.05, 4.69) is 10.3 Å². The molecule has 0 bridgehead atoms. The van der Waals surface area contributed by atoms with Crippen LogP contribution < -0.4 is 11.1 Å². The summed E-state index contributed by atoms with van der Waals surface area (Å²) in [4.78, 5) is 4.45. The van der Waals surface area contributed by atoms with Crippen LogP contribution in [0.2, 0.25) is 0 Å². The number of nitrogens with zero attached hydrogens (tertiary/aromatic N) is 1. The van der Waals surface area contributed by atoms with Gasteiger partial charge in [-0.15, -0.1) is 0 Å². The van der Waals surface area contributed by atoms with Gasteiger partial charge in [-0.2, -0.15) is 0 Å². The van der Waals surface area contributed by atoms with E-state index in [1.807, 2.05) is 24.3 Å². The molecule has 0 saturated carbocycles. The number of hydrogen-bond donors (Lipinski definition) is 3. The van der Waals surface area contributed by atoms with Crippen LogP contribution in [0.3, 0.4) is 0 Å². The lowest BCUT2D eigenvalue weighted by Crippen LogP contribution is -1.88. The Labute approximate surface area is 108 Å². The molecule has 0 radical (unpaired) electrons. The lowest BCUT2D eigenvalue weighted by molar-refractivity contribution is 0.475. The number of phenols is 1. The number of hydrogen-bond acceptors (Lipinski definition) is 5. The predicted octanol–water partition coefficient (Wildman–Crippen LogP) is 3.33. The van der Waals surface area contributed by atoms with E-state index in [1.54, 1.807) is 18.2 Å². The van der Waals surface area contributed by atoms with Crippen molar-refractivity contribution in [2.75, 3.05) is 11.1 Å². The van der Waals surface area contributed by atoms with Gasteiger partial charge in [0.05, 0.1) is 10.2 Å². The summed E-state index contributed by atoms with van der Waals surface area (Å²) < 4.78 is 1.04. The monoisotopic (exact) mass is 257 g/mol. The number of rotatable bonds is 2. The van der Waals surface area contributed by atoms with Crippen molar-refractivity contribution in [3.63, 3.8) is 0 Å². The van der Waals surface area contributed by atoms with E-state index in [4.69, 9.17) is 5.73 Å². The molecule has 0 amide bonds. The highest BCUT2D eigenvalue weighted by molar-refractivity contribution is 7.22. The third-order valence-corrected chi connectivity index (χ3v) is 3.44. The maximum Gasteiger partial charge on any atom is 0.188 e. The van der Waals surface area contributed by atoms with E-state index in [-0.39, 0.29) is 5.75 Å². The summed E-state index contributed by atoms with van der Waals surface area (Å²) in [6.45, 7) is 0. The van der Waals surface area contributed by atoms with E-state index in [0.29, 0.717) is 0 Å². The Morgan fingerprint density at radius 2 is 2.06 bits per heavy atom. The van der Waals surface area contributed by atoms with E-state index >= 15 is 0 Å². The van der Waals surface area contributed by atoms with Crippen molar-refractivity contribution in [2.45, 2.75) is 0 Å². The SMILES string of the molecule is Nc1ccc2nc(Nc3cccc(O)c3)sc2c1. The largest absolute Gasteiger partial charge is 0.508 e. The number of phenolic OH excluding ortho intramolecular Hbond substituents is 1. The number of nitrogens with two attached hydrogens (primary N) is 1. The second kappa shape index (κ2) is 4.19. The maximum atomic E-state index is 9.39. The van der Waals surface area contributed by atoms with Crippen LogP contribution in [0.1, 0.15) is 0 Å². The molecule has 2 aromatic carbocycles. The fourth-order valence-corrected chi connectivity index (χ4v) is 2.64. The van der Waals surface area contributed by atoms with Crippen LogP contribution in [-0.2, 0) is 0 Å². The van der Waals surface area contributed by atoms with Gasteiger partial charge in [0.25, 0.3) is 0 Å². The Balaban J connectivity index is 1.95. The number of fused-ring (bicyclic) bond motifs is 1. The molecule has 3 aromatic rings. The minimum Gasteiger partial charge on any atom is -0.508 e. The summed E-state index contributed by atoms with van der Waals surface area (Å²) in [7, 11) is 0. The fraction of sp³-hybridized carbons (Fsp3) is 0. The molecule has 1 heterocycles. The van der Waals surface area contributed by atoms with Crippen LogP contribution in [-0.4, -0.2) is 10.1 Å². The normalized spacial score (nSPS) is 10.7. The molecule has 0 spiro atoms. The first-order valence-electron chi connectivity index (χ1n) is 5.43. The Bertz CT molecular complexity index is 708. The molecule has 4 nitrogen and oxygen atoms in total. The summed E-state index contributed by atoms with van der Waals surface area (Å²) in [5.41, 5.74) is 8.18. The average molecular weight is 257 g/mol. The molecule has 0 aliphatic heterocycles. The highest BCUT2D eigenvalue weighted by Gasteiger charge is 2.04. The molecule has 0 fully saturated rings. The molecule has 18 heavy (non-hydrogen) atoms. The number of nitrogens with one attached hydrogen (secondary N) is 1. The Hall–Kier alpha value is -2.27. The zero-order valence-corrected chi connectivity index (χ0v) is 10.2. The van der Waals surface area contributed by atoms with Gasteiger partial charge in [-0.25, -0.2) is 4.98 Å². The van der Waals surface area contributed by atoms with E-state index in [0.717, 1.165) is 26.7 Å². The summed E-state index contributed by atoms with van der Waals surface area (Å²) in [5, 5.41) is 13.3. The molecule has 0 atom stereocenters. The maximum absolute atomic E-state index is 9.39. The van der Waals surface area contributed by atoms with E-state index < -0.39 is 0 Å². The van der Waals surface area contributed by atoms with Crippen molar-refractivity contribution >= 4 is 38.1 Å². The van der Waals surface area contributed by atoms with Crippen molar-refractivity contribution in [1.29, 1.82) is 0 Å². The summed E-state index contributed by atoms with van der Waals surface area (Å²) in [6.07, 6.45) is 0. The summed E-state index contributed by atoms with van der Waals surface area (Å²) in [5.74, 6) is 0.227. The molecular weight excluding hydrogens is 246 g/mol. The lowest BCUT2D eigenvalue weighted by Gasteiger charge is -2.01. The standard InChI is InChI=1S/C13H11N3OS/c14-8-4-5-11-12(6-8)18-13(16-11)15-9-2-1-3-10(17)7-9/h1-7,17H,14H2,(H,15,16). The van der Waals surface area contributed by atoms with Gasteiger partial charge in [-0.3, -0.25) is 0 Å². The third-order valence-electron chi connectivity index (χ3n) is 2.51. The smallest absolute Gasteiger partial charge is 0.188 e. The van der Waals surface area contributed by atoms with Crippen molar-refractivity contribution in [2.24, 2.45) is 0 Å². The molecular formula is C13H11N3OS. The van der Waals surface area contributed by atoms with Gasteiger partial charge in [-0.05, 0) is 30.3 Å². The lowest BCUT2D eigenvalue weighted by atomic mass is 10.3. The number of aromatic nitrogens is 1. The second-order valence-electron chi connectivity index (χ2n) is 3.92. The molecule has 0 aliphatic rings.